The van der Waals surface area contributed by atoms with Crippen LogP contribution in [-0.4, -0.2) is 55.5 Å². The van der Waals surface area contributed by atoms with Gasteiger partial charge in [-0.15, -0.1) is 0 Å². The third-order valence-electron chi connectivity index (χ3n) is 4.83. The smallest absolute Gasteiger partial charge is 0.416 e. The number of benzene rings is 1. The topological polar surface area (TPSA) is 66.9 Å². The lowest BCUT2D eigenvalue weighted by Gasteiger charge is -2.39. The number of carbonyl (C=O) groups excluding carboxylic acids is 1. The quantitative estimate of drug-likeness (QED) is 0.743. The third kappa shape index (κ3) is 4.78. The van der Waals surface area contributed by atoms with Crippen LogP contribution < -0.4 is 0 Å². The standard InChI is InChI=1S/C18H25F3N2O4S/c1-5-14(4)27-17(24)23-9-8-22(11-13(23)3)28(25,26)16-10-15(18(19,20)21)7-6-12(16)2/h6-7,10,13-14H,5,8-9,11H2,1-4H3/t13-,14?/m0/s1. The first kappa shape index (κ1) is 22.5. The summed E-state index contributed by atoms with van der Waals surface area (Å²) in [5, 5.41) is 0. The van der Waals surface area contributed by atoms with Gasteiger partial charge in [-0.3, -0.25) is 0 Å². The maximum Gasteiger partial charge on any atom is 0.416 e. The van der Waals surface area contributed by atoms with Gasteiger partial charge in [-0.2, -0.15) is 17.5 Å². The molecule has 1 aliphatic rings. The van der Waals surface area contributed by atoms with Crippen LogP contribution >= 0.6 is 0 Å². The van der Waals surface area contributed by atoms with Crippen molar-refractivity contribution in [2.45, 2.75) is 57.3 Å². The molecule has 1 aromatic rings. The van der Waals surface area contributed by atoms with Crippen LogP contribution in [0.1, 0.15) is 38.3 Å². The fourth-order valence-electron chi connectivity index (χ4n) is 2.93. The predicted octanol–water partition coefficient (Wildman–Crippen LogP) is 3.64. The molecule has 0 bridgehead atoms. The van der Waals surface area contributed by atoms with E-state index >= 15 is 0 Å². The molecule has 2 rings (SSSR count). The monoisotopic (exact) mass is 422 g/mol. The summed E-state index contributed by atoms with van der Waals surface area (Å²) in [6.45, 7) is 6.84. The average Bonchev–Trinajstić information content (AvgIpc) is 2.60. The highest BCUT2D eigenvalue weighted by Crippen LogP contribution is 2.33. The zero-order chi connectivity index (χ0) is 21.3. The first-order chi connectivity index (χ1) is 12.9. The number of ether oxygens (including phenoxy) is 1. The van der Waals surface area contributed by atoms with E-state index in [1.807, 2.05) is 6.92 Å². The lowest BCUT2D eigenvalue weighted by molar-refractivity contribution is -0.137. The van der Waals surface area contributed by atoms with Gasteiger partial charge in [0.1, 0.15) is 6.10 Å². The summed E-state index contributed by atoms with van der Waals surface area (Å²) < 4.78 is 71.3. The number of alkyl halides is 3. The van der Waals surface area contributed by atoms with Crippen molar-refractivity contribution in [3.63, 3.8) is 0 Å². The molecule has 1 unspecified atom stereocenters. The third-order valence-corrected chi connectivity index (χ3v) is 6.84. The van der Waals surface area contributed by atoms with E-state index in [0.717, 1.165) is 16.4 Å². The molecule has 0 aliphatic carbocycles. The van der Waals surface area contributed by atoms with Crippen LogP contribution in [0, 0.1) is 6.92 Å². The van der Waals surface area contributed by atoms with E-state index in [4.69, 9.17) is 4.74 Å². The molecule has 6 nitrogen and oxygen atoms in total. The zero-order valence-electron chi connectivity index (χ0n) is 16.3. The molecular formula is C18H25F3N2O4S. The summed E-state index contributed by atoms with van der Waals surface area (Å²) in [5.41, 5.74) is -0.778. The summed E-state index contributed by atoms with van der Waals surface area (Å²) in [5.74, 6) is 0. The normalized spacial score (nSPS) is 20.1. The fourth-order valence-corrected chi connectivity index (χ4v) is 4.69. The summed E-state index contributed by atoms with van der Waals surface area (Å²) >= 11 is 0. The van der Waals surface area contributed by atoms with E-state index in [-0.39, 0.29) is 36.2 Å². The summed E-state index contributed by atoms with van der Waals surface area (Å²) in [6.07, 6.45) is -4.75. The molecule has 0 saturated carbocycles. The average molecular weight is 422 g/mol. The van der Waals surface area contributed by atoms with Crippen LogP contribution in [-0.2, 0) is 20.9 Å². The van der Waals surface area contributed by atoms with E-state index in [1.54, 1.807) is 13.8 Å². The highest BCUT2D eigenvalue weighted by atomic mass is 32.2. The molecule has 0 spiro atoms. The second kappa shape index (κ2) is 8.28. The van der Waals surface area contributed by atoms with Crippen molar-refractivity contribution in [1.82, 2.24) is 9.21 Å². The minimum atomic E-state index is -4.64. The largest absolute Gasteiger partial charge is 0.446 e. The Balaban J connectivity index is 2.22. The van der Waals surface area contributed by atoms with E-state index in [0.29, 0.717) is 12.5 Å². The van der Waals surface area contributed by atoms with Crippen LogP contribution in [0.4, 0.5) is 18.0 Å². The van der Waals surface area contributed by atoms with Crippen LogP contribution in [0.15, 0.2) is 23.1 Å². The Kier molecular flexibility index (Phi) is 6.65. The van der Waals surface area contributed by atoms with E-state index in [2.05, 4.69) is 0 Å². The number of sulfonamides is 1. The van der Waals surface area contributed by atoms with Crippen molar-refractivity contribution in [3.05, 3.63) is 29.3 Å². The molecule has 2 atom stereocenters. The Labute approximate surface area is 163 Å². The molecule has 1 fully saturated rings. The Hall–Kier alpha value is -1.81. The molecule has 10 heteroatoms. The molecule has 1 aliphatic heterocycles. The minimum Gasteiger partial charge on any atom is -0.446 e. The molecule has 0 radical (unpaired) electrons. The van der Waals surface area contributed by atoms with E-state index in [1.165, 1.54) is 11.8 Å². The Morgan fingerprint density at radius 2 is 1.96 bits per heavy atom. The molecule has 28 heavy (non-hydrogen) atoms. The number of piperazine rings is 1. The molecule has 0 aromatic heterocycles. The van der Waals surface area contributed by atoms with Gasteiger partial charge in [-0.1, -0.05) is 13.0 Å². The maximum absolute atomic E-state index is 13.0. The molecule has 1 heterocycles. The number of carbonyl (C=O) groups is 1. The van der Waals surface area contributed by atoms with Crippen molar-refractivity contribution >= 4 is 16.1 Å². The molecule has 158 valence electrons. The molecule has 1 saturated heterocycles. The van der Waals surface area contributed by atoms with Gasteiger partial charge in [-0.25, -0.2) is 13.2 Å². The Morgan fingerprint density at radius 3 is 2.50 bits per heavy atom. The highest BCUT2D eigenvalue weighted by Gasteiger charge is 2.37. The molecule has 1 amide bonds. The van der Waals surface area contributed by atoms with Crippen LogP contribution in [0.3, 0.4) is 0 Å². The van der Waals surface area contributed by atoms with Gasteiger partial charge in [0.05, 0.1) is 10.5 Å². The van der Waals surface area contributed by atoms with Crippen LogP contribution in [0.2, 0.25) is 0 Å². The molecule has 1 aromatic carbocycles. The van der Waals surface area contributed by atoms with Crippen molar-refractivity contribution in [1.29, 1.82) is 0 Å². The number of hydrogen-bond acceptors (Lipinski definition) is 4. The van der Waals surface area contributed by atoms with Crippen molar-refractivity contribution in [3.8, 4) is 0 Å². The van der Waals surface area contributed by atoms with Crippen molar-refractivity contribution in [2.75, 3.05) is 19.6 Å². The number of nitrogens with zero attached hydrogens (tertiary/aromatic N) is 2. The second-order valence-electron chi connectivity index (χ2n) is 6.99. The van der Waals surface area contributed by atoms with Gasteiger partial charge in [0, 0.05) is 25.7 Å². The maximum atomic E-state index is 13.0. The fraction of sp³-hybridized carbons (Fsp3) is 0.611. The van der Waals surface area contributed by atoms with Crippen molar-refractivity contribution in [2.24, 2.45) is 0 Å². The van der Waals surface area contributed by atoms with Crippen LogP contribution in [0.25, 0.3) is 0 Å². The second-order valence-corrected chi connectivity index (χ2v) is 8.89. The summed E-state index contributed by atoms with van der Waals surface area (Å²) in [7, 11) is -4.13. The first-order valence-electron chi connectivity index (χ1n) is 9.03. The highest BCUT2D eigenvalue weighted by molar-refractivity contribution is 7.89. The number of amides is 1. The van der Waals surface area contributed by atoms with Gasteiger partial charge in [0.2, 0.25) is 10.0 Å². The number of rotatable bonds is 4. The van der Waals surface area contributed by atoms with Gasteiger partial charge in [0.15, 0.2) is 0 Å². The van der Waals surface area contributed by atoms with Gasteiger partial charge in [0.25, 0.3) is 0 Å². The van der Waals surface area contributed by atoms with E-state index < -0.39 is 33.9 Å². The van der Waals surface area contributed by atoms with Gasteiger partial charge in [-0.05, 0) is 44.9 Å². The lowest BCUT2D eigenvalue weighted by Crippen LogP contribution is -2.55. The first-order valence-corrected chi connectivity index (χ1v) is 10.5. The minimum absolute atomic E-state index is 0.0159. The summed E-state index contributed by atoms with van der Waals surface area (Å²) in [6, 6.07) is 2.21. The van der Waals surface area contributed by atoms with E-state index in [9.17, 15) is 26.4 Å². The predicted molar refractivity (Wildman–Crippen MR) is 97.3 cm³/mol. The van der Waals surface area contributed by atoms with Crippen LogP contribution in [0.5, 0.6) is 0 Å². The van der Waals surface area contributed by atoms with Gasteiger partial charge < -0.3 is 9.64 Å². The summed E-state index contributed by atoms with van der Waals surface area (Å²) in [4.78, 5) is 13.3. The molecule has 0 N–H and O–H groups in total. The Bertz CT molecular complexity index is 827. The van der Waals surface area contributed by atoms with Gasteiger partial charge >= 0.3 is 12.3 Å². The Morgan fingerprint density at radius 1 is 1.32 bits per heavy atom. The lowest BCUT2D eigenvalue weighted by atomic mass is 10.1. The number of halogens is 3. The SMILES string of the molecule is CCC(C)OC(=O)N1CCN(S(=O)(=O)c2cc(C(F)(F)F)ccc2C)C[C@@H]1C. The number of hydrogen-bond donors (Lipinski definition) is 0. The van der Waals surface area contributed by atoms with Crippen molar-refractivity contribution < 1.29 is 31.1 Å². The number of aryl methyl sites for hydroxylation is 1. The zero-order valence-corrected chi connectivity index (χ0v) is 17.1. The molecular weight excluding hydrogens is 397 g/mol.